The number of halogens is 6. The van der Waals surface area contributed by atoms with Gasteiger partial charge in [0.15, 0.2) is 0 Å². The monoisotopic (exact) mass is 220 g/mol. The highest BCUT2D eigenvalue weighted by Gasteiger charge is 2.44. The molecule has 0 radical (unpaired) electrons. The van der Waals surface area contributed by atoms with Crippen molar-refractivity contribution >= 4 is 0 Å². The molecule has 0 saturated heterocycles. The predicted octanol–water partition coefficient (Wildman–Crippen LogP) is 1.03. The summed E-state index contributed by atoms with van der Waals surface area (Å²) in [5, 5.41) is 4.59. The van der Waals surface area contributed by atoms with Crippen LogP contribution in [-0.2, 0) is 12.4 Å². The van der Waals surface area contributed by atoms with Gasteiger partial charge in [0.1, 0.15) is 0 Å². The minimum atomic E-state index is -5.06. The van der Waals surface area contributed by atoms with Crippen LogP contribution < -0.4 is 5.84 Å². The molecule has 0 aromatic carbocycles. The van der Waals surface area contributed by atoms with Crippen LogP contribution in [0.5, 0.6) is 0 Å². The van der Waals surface area contributed by atoms with E-state index in [4.69, 9.17) is 0 Å². The highest BCUT2D eigenvalue weighted by atomic mass is 19.4. The van der Waals surface area contributed by atoms with Gasteiger partial charge in [0.05, 0.1) is 0 Å². The number of aromatic nitrogens is 3. The molecule has 0 unspecified atom stereocenters. The van der Waals surface area contributed by atoms with Crippen LogP contribution in [0, 0.1) is 0 Å². The first-order valence-corrected chi connectivity index (χ1v) is 2.99. The number of nitrogen functional groups attached to an aromatic ring is 1. The van der Waals surface area contributed by atoms with Gasteiger partial charge in [0.2, 0.25) is 0 Å². The van der Waals surface area contributed by atoms with E-state index >= 15 is 0 Å². The zero-order valence-corrected chi connectivity index (χ0v) is 6.19. The molecule has 0 aliphatic heterocycles. The normalized spacial score (nSPS) is 13.3. The molecule has 0 spiro atoms. The van der Waals surface area contributed by atoms with Gasteiger partial charge in [-0.05, 0) is 0 Å². The maximum atomic E-state index is 11.9. The first-order valence-electron chi connectivity index (χ1n) is 2.99. The summed E-state index contributed by atoms with van der Waals surface area (Å²) >= 11 is 0. The molecule has 0 saturated carbocycles. The first kappa shape index (κ1) is 10.6. The van der Waals surface area contributed by atoms with E-state index in [2.05, 4.69) is 16.0 Å². The van der Waals surface area contributed by atoms with Gasteiger partial charge in [-0.2, -0.15) is 26.3 Å². The molecule has 0 bridgehead atoms. The summed E-state index contributed by atoms with van der Waals surface area (Å²) in [6.45, 7) is 0. The second-order valence-electron chi connectivity index (χ2n) is 2.21. The Morgan fingerprint density at radius 2 is 1.14 bits per heavy atom. The zero-order chi connectivity index (χ0) is 11.1. The van der Waals surface area contributed by atoms with Crippen molar-refractivity contribution in [2.75, 3.05) is 5.84 Å². The van der Waals surface area contributed by atoms with Gasteiger partial charge < -0.3 is 5.84 Å². The van der Waals surface area contributed by atoms with Crippen molar-refractivity contribution in [3.63, 3.8) is 0 Å². The van der Waals surface area contributed by atoms with Crippen molar-refractivity contribution in [2.45, 2.75) is 12.4 Å². The number of hydrogen-bond acceptors (Lipinski definition) is 3. The van der Waals surface area contributed by atoms with Crippen molar-refractivity contribution < 1.29 is 26.3 Å². The van der Waals surface area contributed by atoms with Crippen LogP contribution in [0.15, 0.2) is 0 Å². The summed E-state index contributed by atoms with van der Waals surface area (Å²) in [5.74, 6) is 0.731. The summed E-state index contributed by atoms with van der Waals surface area (Å²) in [4.78, 5) is 0. The maximum Gasteiger partial charge on any atom is 0.453 e. The standard InChI is InChI=1S/C4H2F6N4/c5-3(6,7)1-12-13-2(14(1)11)4(8,9)10/h11H2. The van der Waals surface area contributed by atoms with Crippen LogP contribution >= 0.6 is 0 Å². The van der Waals surface area contributed by atoms with Crippen LogP contribution in [0.1, 0.15) is 11.6 Å². The third kappa shape index (κ3) is 1.72. The zero-order valence-electron chi connectivity index (χ0n) is 6.19. The smallest absolute Gasteiger partial charge is 0.336 e. The van der Waals surface area contributed by atoms with Crippen molar-refractivity contribution in [1.82, 2.24) is 14.9 Å². The van der Waals surface area contributed by atoms with Crippen molar-refractivity contribution in [2.24, 2.45) is 0 Å². The van der Waals surface area contributed by atoms with E-state index in [9.17, 15) is 26.3 Å². The highest BCUT2D eigenvalue weighted by molar-refractivity contribution is 5.02. The molecule has 0 fully saturated rings. The van der Waals surface area contributed by atoms with Crippen molar-refractivity contribution in [3.8, 4) is 0 Å². The summed E-state index contributed by atoms with van der Waals surface area (Å²) in [6, 6.07) is 0. The van der Waals surface area contributed by atoms with Gasteiger partial charge in [-0.15, -0.1) is 10.2 Å². The van der Waals surface area contributed by atoms with E-state index in [1.165, 1.54) is 0 Å². The van der Waals surface area contributed by atoms with Crippen LogP contribution in [0.4, 0.5) is 26.3 Å². The molecule has 1 aromatic rings. The lowest BCUT2D eigenvalue weighted by Crippen LogP contribution is -2.26. The largest absolute Gasteiger partial charge is 0.453 e. The molecule has 1 heterocycles. The van der Waals surface area contributed by atoms with Crippen molar-refractivity contribution in [1.29, 1.82) is 0 Å². The summed E-state index contributed by atoms with van der Waals surface area (Å²) < 4.78 is 70.6. The summed E-state index contributed by atoms with van der Waals surface area (Å²) in [7, 11) is 0. The Kier molecular flexibility index (Phi) is 2.08. The third-order valence-corrected chi connectivity index (χ3v) is 1.20. The number of nitrogens with zero attached hydrogens (tertiary/aromatic N) is 3. The van der Waals surface area contributed by atoms with E-state index in [0.29, 0.717) is 0 Å². The topological polar surface area (TPSA) is 56.7 Å². The van der Waals surface area contributed by atoms with E-state index < -0.39 is 28.7 Å². The quantitative estimate of drug-likeness (QED) is 0.524. The fourth-order valence-corrected chi connectivity index (χ4v) is 0.678. The maximum absolute atomic E-state index is 11.9. The molecule has 80 valence electrons. The first-order chi connectivity index (χ1) is 6.14. The Bertz CT molecular complexity index is 303. The number of hydrogen-bond donors (Lipinski definition) is 1. The molecular weight excluding hydrogens is 218 g/mol. The molecule has 0 atom stereocenters. The Labute approximate surface area is 72.3 Å². The third-order valence-electron chi connectivity index (χ3n) is 1.20. The van der Waals surface area contributed by atoms with E-state index in [1.807, 2.05) is 0 Å². The Morgan fingerprint density at radius 3 is 1.29 bits per heavy atom. The van der Waals surface area contributed by atoms with E-state index in [0.717, 1.165) is 0 Å². The molecule has 2 N–H and O–H groups in total. The summed E-state index contributed by atoms with van der Waals surface area (Å²) in [5.41, 5.74) is 0. The molecule has 0 aliphatic rings. The Hall–Kier alpha value is -1.48. The molecule has 14 heavy (non-hydrogen) atoms. The lowest BCUT2D eigenvalue weighted by Gasteiger charge is -2.07. The van der Waals surface area contributed by atoms with Crippen LogP contribution in [-0.4, -0.2) is 14.9 Å². The molecule has 10 heteroatoms. The van der Waals surface area contributed by atoms with Crippen LogP contribution in [0.25, 0.3) is 0 Å². The van der Waals surface area contributed by atoms with Gasteiger partial charge in [-0.1, -0.05) is 0 Å². The highest BCUT2D eigenvalue weighted by Crippen LogP contribution is 2.32. The minimum Gasteiger partial charge on any atom is -0.336 e. The Balaban J connectivity index is 3.23. The molecule has 4 nitrogen and oxygen atoms in total. The predicted molar refractivity (Wildman–Crippen MR) is 30.2 cm³/mol. The Morgan fingerprint density at radius 1 is 0.857 bits per heavy atom. The lowest BCUT2D eigenvalue weighted by molar-refractivity contribution is -0.153. The number of alkyl halides is 6. The fraction of sp³-hybridized carbons (Fsp3) is 0.500. The molecule has 0 amide bonds. The molecule has 0 aliphatic carbocycles. The van der Waals surface area contributed by atoms with Crippen molar-refractivity contribution in [3.05, 3.63) is 11.6 Å². The molecule has 1 aromatic heterocycles. The average Bonchev–Trinajstić information content (AvgIpc) is 2.26. The molecule has 1 rings (SSSR count). The number of rotatable bonds is 0. The second kappa shape index (κ2) is 2.75. The average molecular weight is 220 g/mol. The SMILES string of the molecule is Nn1c(C(F)(F)F)nnc1C(F)(F)F. The van der Waals surface area contributed by atoms with E-state index in [-0.39, 0.29) is 0 Å². The van der Waals surface area contributed by atoms with E-state index in [1.54, 1.807) is 0 Å². The van der Waals surface area contributed by atoms with Gasteiger partial charge in [0.25, 0.3) is 11.6 Å². The van der Waals surface area contributed by atoms with Crippen LogP contribution in [0.3, 0.4) is 0 Å². The second-order valence-corrected chi connectivity index (χ2v) is 2.21. The van der Waals surface area contributed by atoms with Gasteiger partial charge >= 0.3 is 12.4 Å². The van der Waals surface area contributed by atoms with Gasteiger partial charge in [-0.25, -0.2) is 4.68 Å². The summed E-state index contributed by atoms with van der Waals surface area (Å²) in [6.07, 6.45) is -10.1. The fourth-order valence-electron chi connectivity index (χ4n) is 0.678. The lowest BCUT2D eigenvalue weighted by atomic mass is 10.5. The van der Waals surface area contributed by atoms with Gasteiger partial charge in [0, 0.05) is 0 Å². The van der Waals surface area contributed by atoms with Gasteiger partial charge in [-0.3, -0.25) is 0 Å². The van der Waals surface area contributed by atoms with Crippen LogP contribution in [0.2, 0.25) is 0 Å². The number of nitrogens with two attached hydrogens (primary N) is 1. The minimum absolute atomic E-state index is 0.639. The molecular formula is C4H2F6N4.